The summed E-state index contributed by atoms with van der Waals surface area (Å²) in [5.41, 5.74) is 0. The number of carboxylic acid groups (broad SMARTS) is 1. The van der Waals surface area contributed by atoms with Crippen LogP contribution in [0, 0.1) is 11.8 Å². The van der Waals surface area contributed by atoms with Crippen LogP contribution in [0.3, 0.4) is 0 Å². The Bertz CT molecular complexity index is 281. The number of hydrogen-bond acceptors (Lipinski definition) is 3. The number of carbonyl (C=O) groups excluding carboxylic acids is 1. The van der Waals surface area contributed by atoms with Crippen molar-refractivity contribution in [2.45, 2.75) is 39.2 Å². The van der Waals surface area contributed by atoms with Crippen LogP contribution in [0.4, 0.5) is 0 Å². The lowest BCUT2D eigenvalue weighted by atomic mass is 9.90. The molecule has 0 bridgehead atoms. The second kappa shape index (κ2) is 6.59. The molecule has 0 aromatic heterocycles. The number of hydrogen-bond donors (Lipinski definition) is 3. The Kier molecular flexibility index (Phi) is 5.41. The minimum atomic E-state index is -0.881. The number of aliphatic carboxylic acids is 1. The van der Waals surface area contributed by atoms with E-state index in [1.807, 2.05) is 0 Å². The molecular formula is C12H22N2O3. The second-order valence-corrected chi connectivity index (χ2v) is 4.79. The van der Waals surface area contributed by atoms with Crippen molar-refractivity contribution in [3.63, 3.8) is 0 Å². The maximum absolute atomic E-state index is 11.8. The molecule has 3 atom stereocenters. The van der Waals surface area contributed by atoms with Gasteiger partial charge in [-0.3, -0.25) is 9.59 Å². The summed E-state index contributed by atoms with van der Waals surface area (Å²) in [7, 11) is 0. The van der Waals surface area contributed by atoms with Gasteiger partial charge in [0.1, 0.15) is 0 Å². The number of carbonyl (C=O) groups is 2. The zero-order valence-electron chi connectivity index (χ0n) is 10.5. The lowest BCUT2D eigenvalue weighted by Crippen LogP contribution is -2.49. The summed E-state index contributed by atoms with van der Waals surface area (Å²) >= 11 is 0. The molecular weight excluding hydrogens is 220 g/mol. The number of amides is 1. The van der Waals surface area contributed by atoms with E-state index in [0.29, 0.717) is 5.92 Å². The Morgan fingerprint density at radius 3 is 2.82 bits per heavy atom. The maximum Gasteiger partial charge on any atom is 0.308 e. The van der Waals surface area contributed by atoms with Gasteiger partial charge in [0, 0.05) is 6.54 Å². The molecule has 1 aliphatic heterocycles. The molecule has 17 heavy (non-hydrogen) atoms. The van der Waals surface area contributed by atoms with Crippen LogP contribution in [0.2, 0.25) is 0 Å². The van der Waals surface area contributed by atoms with E-state index in [1.165, 1.54) is 0 Å². The molecule has 0 spiro atoms. The van der Waals surface area contributed by atoms with Gasteiger partial charge in [-0.1, -0.05) is 20.3 Å². The average molecular weight is 242 g/mol. The van der Waals surface area contributed by atoms with Crippen molar-refractivity contribution in [3.8, 4) is 0 Å². The molecule has 5 nitrogen and oxygen atoms in total. The Morgan fingerprint density at radius 2 is 2.24 bits per heavy atom. The summed E-state index contributed by atoms with van der Waals surface area (Å²) in [5.74, 6) is -0.891. The normalized spacial score (nSPS) is 26.2. The first-order chi connectivity index (χ1) is 8.04. The molecule has 98 valence electrons. The average Bonchev–Trinajstić information content (AvgIpc) is 2.35. The van der Waals surface area contributed by atoms with Gasteiger partial charge >= 0.3 is 5.97 Å². The van der Waals surface area contributed by atoms with Crippen molar-refractivity contribution in [1.29, 1.82) is 0 Å². The molecule has 0 aliphatic carbocycles. The van der Waals surface area contributed by atoms with Crippen molar-refractivity contribution in [2.75, 3.05) is 13.1 Å². The van der Waals surface area contributed by atoms with E-state index in [2.05, 4.69) is 17.6 Å². The Hall–Kier alpha value is -1.10. The van der Waals surface area contributed by atoms with Gasteiger partial charge in [-0.15, -0.1) is 0 Å². The van der Waals surface area contributed by atoms with Crippen LogP contribution in [0.25, 0.3) is 0 Å². The van der Waals surface area contributed by atoms with Crippen LogP contribution in [-0.2, 0) is 9.59 Å². The number of nitrogens with one attached hydrogen (secondary N) is 2. The third kappa shape index (κ3) is 4.34. The summed E-state index contributed by atoms with van der Waals surface area (Å²) < 4.78 is 0. The highest BCUT2D eigenvalue weighted by molar-refractivity contribution is 5.82. The predicted octanol–water partition coefficient (Wildman–Crippen LogP) is 0.601. The molecule has 1 fully saturated rings. The highest BCUT2D eigenvalue weighted by Gasteiger charge is 2.26. The standard InChI is InChI=1S/C12H22N2O3/c1-3-9-4-5-13-10(6-9)11(15)14-7-8(2)12(16)17/h8-10,13H,3-7H2,1-2H3,(H,14,15)(H,16,17). The molecule has 3 unspecified atom stereocenters. The minimum Gasteiger partial charge on any atom is -0.481 e. The van der Waals surface area contributed by atoms with E-state index in [0.717, 1.165) is 25.8 Å². The van der Waals surface area contributed by atoms with Crippen LogP contribution in [0.1, 0.15) is 33.1 Å². The number of carboxylic acids is 1. The summed E-state index contributed by atoms with van der Waals surface area (Å²) in [6.45, 7) is 4.79. The van der Waals surface area contributed by atoms with Crippen LogP contribution >= 0.6 is 0 Å². The van der Waals surface area contributed by atoms with E-state index in [-0.39, 0.29) is 18.5 Å². The maximum atomic E-state index is 11.8. The van der Waals surface area contributed by atoms with Gasteiger partial charge in [-0.25, -0.2) is 0 Å². The Morgan fingerprint density at radius 1 is 1.53 bits per heavy atom. The van der Waals surface area contributed by atoms with Gasteiger partial charge in [-0.2, -0.15) is 0 Å². The smallest absolute Gasteiger partial charge is 0.308 e. The van der Waals surface area contributed by atoms with Gasteiger partial charge in [0.2, 0.25) is 5.91 Å². The van der Waals surface area contributed by atoms with Crippen molar-refractivity contribution in [3.05, 3.63) is 0 Å². The largest absolute Gasteiger partial charge is 0.481 e. The van der Waals surface area contributed by atoms with Gasteiger partial charge in [0.05, 0.1) is 12.0 Å². The van der Waals surface area contributed by atoms with E-state index in [1.54, 1.807) is 6.92 Å². The van der Waals surface area contributed by atoms with Crippen LogP contribution in [0.5, 0.6) is 0 Å². The van der Waals surface area contributed by atoms with Crippen molar-refractivity contribution in [1.82, 2.24) is 10.6 Å². The fourth-order valence-corrected chi connectivity index (χ4v) is 2.03. The van der Waals surface area contributed by atoms with Crippen LogP contribution in [-0.4, -0.2) is 36.1 Å². The first kappa shape index (κ1) is 14.0. The quantitative estimate of drug-likeness (QED) is 0.659. The highest BCUT2D eigenvalue weighted by Crippen LogP contribution is 2.19. The Labute approximate surface area is 102 Å². The van der Waals surface area contributed by atoms with Gasteiger partial charge in [0.25, 0.3) is 0 Å². The van der Waals surface area contributed by atoms with Crippen molar-refractivity contribution in [2.24, 2.45) is 11.8 Å². The predicted molar refractivity (Wildman–Crippen MR) is 64.6 cm³/mol. The molecule has 1 saturated heterocycles. The number of rotatable bonds is 5. The fourth-order valence-electron chi connectivity index (χ4n) is 2.03. The zero-order chi connectivity index (χ0) is 12.8. The van der Waals surface area contributed by atoms with Gasteiger partial charge in [0.15, 0.2) is 0 Å². The van der Waals surface area contributed by atoms with Gasteiger partial charge in [-0.05, 0) is 25.3 Å². The Balaban J connectivity index is 2.34. The lowest BCUT2D eigenvalue weighted by molar-refractivity contribution is -0.141. The molecule has 0 aromatic carbocycles. The molecule has 0 radical (unpaired) electrons. The lowest BCUT2D eigenvalue weighted by Gasteiger charge is -2.29. The van der Waals surface area contributed by atoms with E-state index < -0.39 is 11.9 Å². The highest BCUT2D eigenvalue weighted by atomic mass is 16.4. The third-order valence-corrected chi connectivity index (χ3v) is 3.41. The van der Waals surface area contributed by atoms with Crippen LogP contribution in [0.15, 0.2) is 0 Å². The van der Waals surface area contributed by atoms with Crippen LogP contribution < -0.4 is 10.6 Å². The topological polar surface area (TPSA) is 78.4 Å². The molecule has 1 amide bonds. The monoisotopic (exact) mass is 242 g/mol. The van der Waals surface area contributed by atoms with Crippen molar-refractivity contribution >= 4 is 11.9 Å². The molecule has 1 aliphatic rings. The first-order valence-corrected chi connectivity index (χ1v) is 6.28. The molecule has 1 heterocycles. The first-order valence-electron chi connectivity index (χ1n) is 6.28. The van der Waals surface area contributed by atoms with Crippen molar-refractivity contribution < 1.29 is 14.7 Å². The summed E-state index contributed by atoms with van der Waals surface area (Å²) in [6.07, 6.45) is 3.06. The van der Waals surface area contributed by atoms with E-state index in [9.17, 15) is 9.59 Å². The summed E-state index contributed by atoms with van der Waals surface area (Å²) in [4.78, 5) is 22.4. The SMILES string of the molecule is CCC1CCNC(C(=O)NCC(C)C(=O)O)C1. The van der Waals surface area contributed by atoms with E-state index in [4.69, 9.17) is 5.11 Å². The molecule has 5 heteroatoms. The summed E-state index contributed by atoms with van der Waals surface area (Å²) in [5, 5.41) is 14.6. The fraction of sp³-hybridized carbons (Fsp3) is 0.833. The van der Waals surface area contributed by atoms with E-state index >= 15 is 0 Å². The third-order valence-electron chi connectivity index (χ3n) is 3.41. The molecule has 1 rings (SSSR count). The zero-order valence-corrected chi connectivity index (χ0v) is 10.5. The number of piperidine rings is 1. The minimum absolute atomic E-state index is 0.0729. The second-order valence-electron chi connectivity index (χ2n) is 4.79. The molecule has 0 saturated carbocycles. The molecule has 3 N–H and O–H groups in total. The summed E-state index contributed by atoms with van der Waals surface area (Å²) in [6, 6.07) is -0.158. The molecule has 0 aromatic rings. The van der Waals surface area contributed by atoms with Gasteiger partial charge < -0.3 is 15.7 Å².